The standard InChI is InChI=1S/C14H13N3S/c15-7-14(13-9-18-10-16-13)17-6-5-11-3-1-2-4-12(11)8-17/h1-4,9-10,14H,5-6,8H2. The number of fused-ring (bicyclic) bond motifs is 1. The molecule has 3 nitrogen and oxygen atoms in total. The van der Waals surface area contributed by atoms with Crippen LogP contribution in [0.5, 0.6) is 0 Å². The van der Waals surface area contributed by atoms with E-state index in [4.69, 9.17) is 0 Å². The van der Waals surface area contributed by atoms with Gasteiger partial charge in [0, 0.05) is 18.5 Å². The molecule has 0 aliphatic carbocycles. The maximum atomic E-state index is 9.37. The Balaban J connectivity index is 1.85. The van der Waals surface area contributed by atoms with E-state index in [0.29, 0.717) is 0 Å². The van der Waals surface area contributed by atoms with Crippen LogP contribution < -0.4 is 0 Å². The van der Waals surface area contributed by atoms with Gasteiger partial charge in [0.05, 0.1) is 17.3 Å². The lowest BCUT2D eigenvalue weighted by Gasteiger charge is -2.31. The fourth-order valence-corrected chi connectivity index (χ4v) is 3.00. The van der Waals surface area contributed by atoms with Crippen molar-refractivity contribution < 1.29 is 0 Å². The number of rotatable bonds is 2. The highest BCUT2D eigenvalue weighted by Crippen LogP contribution is 2.27. The zero-order chi connectivity index (χ0) is 12.4. The van der Waals surface area contributed by atoms with Crippen LogP contribution in [0.25, 0.3) is 0 Å². The monoisotopic (exact) mass is 255 g/mol. The molecule has 1 aliphatic heterocycles. The van der Waals surface area contributed by atoms with Gasteiger partial charge in [-0.15, -0.1) is 11.3 Å². The van der Waals surface area contributed by atoms with E-state index in [1.807, 2.05) is 5.38 Å². The summed E-state index contributed by atoms with van der Waals surface area (Å²) in [7, 11) is 0. The molecular weight excluding hydrogens is 242 g/mol. The molecule has 0 fully saturated rings. The lowest BCUT2D eigenvalue weighted by atomic mass is 9.98. The van der Waals surface area contributed by atoms with Gasteiger partial charge in [0.2, 0.25) is 0 Å². The highest BCUT2D eigenvalue weighted by molar-refractivity contribution is 7.07. The van der Waals surface area contributed by atoms with Crippen LogP contribution in [0.2, 0.25) is 0 Å². The Morgan fingerprint density at radius 1 is 1.33 bits per heavy atom. The van der Waals surface area contributed by atoms with Crippen LogP contribution >= 0.6 is 11.3 Å². The zero-order valence-corrected chi connectivity index (χ0v) is 10.7. The van der Waals surface area contributed by atoms with Gasteiger partial charge >= 0.3 is 0 Å². The minimum atomic E-state index is -0.218. The van der Waals surface area contributed by atoms with Gasteiger partial charge in [0.15, 0.2) is 0 Å². The molecular formula is C14H13N3S. The van der Waals surface area contributed by atoms with Gasteiger partial charge in [-0.2, -0.15) is 5.26 Å². The Hall–Kier alpha value is -1.70. The van der Waals surface area contributed by atoms with E-state index in [1.165, 1.54) is 11.1 Å². The first kappa shape index (κ1) is 11.4. The molecule has 0 saturated heterocycles. The number of benzene rings is 1. The highest BCUT2D eigenvalue weighted by atomic mass is 32.1. The fourth-order valence-electron chi connectivity index (χ4n) is 2.43. The Bertz CT molecular complexity index is 571. The summed E-state index contributed by atoms with van der Waals surface area (Å²) < 4.78 is 0. The van der Waals surface area contributed by atoms with Gasteiger partial charge in [0.25, 0.3) is 0 Å². The third-order valence-corrected chi connectivity index (χ3v) is 3.98. The minimum absolute atomic E-state index is 0.218. The molecule has 0 amide bonds. The zero-order valence-electron chi connectivity index (χ0n) is 9.91. The number of hydrogen-bond acceptors (Lipinski definition) is 4. The molecule has 1 atom stereocenters. The Morgan fingerprint density at radius 2 is 2.17 bits per heavy atom. The van der Waals surface area contributed by atoms with Crippen LogP contribution in [0.3, 0.4) is 0 Å². The normalized spacial score (nSPS) is 16.8. The molecule has 0 radical (unpaired) electrons. The summed E-state index contributed by atoms with van der Waals surface area (Å²) in [6, 6.07) is 10.6. The first-order valence-corrected chi connectivity index (χ1v) is 6.91. The van der Waals surface area contributed by atoms with E-state index in [2.05, 4.69) is 40.2 Å². The van der Waals surface area contributed by atoms with Gasteiger partial charge in [-0.05, 0) is 17.5 Å². The first-order chi connectivity index (χ1) is 8.88. The van der Waals surface area contributed by atoms with E-state index >= 15 is 0 Å². The average molecular weight is 255 g/mol. The maximum absolute atomic E-state index is 9.37. The Labute approximate surface area is 110 Å². The summed E-state index contributed by atoms with van der Waals surface area (Å²) in [6.07, 6.45) is 1.01. The number of thiazole rings is 1. The van der Waals surface area contributed by atoms with Crippen molar-refractivity contribution in [3.05, 3.63) is 52.0 Å². The van der Waals surface area contributed by atoms with Crippen molar-refractivity contribution in [2.75, 3.05) is 6.54 Å². The lowest BCUT2D eigenvalue weighted by Crippen LogP contribution is -2.33. The maximum Gasteiger partial charge on any atom is 0.142 e. The van der Waals surface area contributed by atoms with Gasteiger partial charge in [-0.1, -0.05) is 24.3 Å². The molecule has 1 aromatic carbocycles. The molecule has 0 spiro atoms. The number of aromatic nitrogens is 1. The van der Waals surface area contributed by atoms with E-state index in [-0.39, 0.29) is 6.04 Å². The molecule has 2 aromatic rings. The van der Waals surface area contributed by atoms with Crippen LogP contribution in [-0.2, 0) is 13.0 Å². The third-order valence-electron chi connectivity index (χ3n) is 3.38. The molecule has 90 valence electrons. The molecule has 3 rings (SSSR count). The van der Waals surface area contributed by atoms with Crippen LogP contribution in [0.1, 0.15) is 22.9 Å². The summed E-state index contributed by atoms with van der Waals surface area (Å²) >= 11 is 1.54. The summed E-state index contributed by atoms with van der Waals surface area (Å²) in [4.78, 5) is 6.48. The second-order valence-electron chi connectivity index (χ2n) is 4.43. The quantitative estimate of drug-likeness (QED) is 0.828. The van der Waals surface area contributed by atoms with Crippen LogP contribution in [-0.4, -0.2) is 16.4 Å². The number of nitrogens with zero attached hydrogens (tertiary/aromatic N) is 3. The highest BCUT2D eigenvalue weighted by Gasteiger charge is 2.25. The van der Waals surface area contributed by atoms with Crippen LogP contribution in [0, 0.1) is 11.3 Å². The van der Waals surface area contributed by atoms with Crippen molar-refractivity contribution >= 4 is 11.3 Å². The number of nitriles is 1. The van der Waals surface area contributed by atoms with Crippen molar-refractivity contribution in [1.82, 2.24) is 9.88 Å². The second-order valence-corrected chi connectivity index (χ2v) is 5.15. The molecule has 0 N–H and O–H groups in total. The van der Waals surface area contributed by atoms with Crippen molar-refractivity contribution in [2.45, 2.75) is 19.0 Å². The van der Waals surface area contributed by atoms with E-state index in [9.17, 15) is 5.26 Å². The summed E-state index contributed by atoms with van der Waals surface area (Å²) in [5.41, 5.74) is 5.40. The minimum Gasteiger partial charge on any atom is -0.278 e. The number of hydrogen-bond donors (Lipinski definition) is 0. The van der Waals surface area contributed by atoms with Crippen molar-refractivity contribution in [1.29, 1.82) is 5.26 Å². The fraction of sp³-hybridized carbons (Fsp3) is 0.286. The summed E-state index contributed by atoms with van der Waals surface area (Å²) in [5.74, 6) is 0. The van der Waals surface area contributed by atoms with Crippen LogP contribution in [0.4, 0.5) is 0 Å². The van der Waals surface area contributed by atoms with Gasteiger partial charge in [0.1, 0.15) is 6.04 Å². The average Bonchev–Trinajstić information content (AvgIpc) is 2.93. The summed E-state index contributed by atoms with van der Waals surface area (Å²) in [6.45, 7) is 1.76. The molecule has 1 aliphatic rings. The van der Waals surface area contributed by atoms with E-state index < -0.39 is 0 Å². The summed E-state index contributed by atoms with van der Waals surface area (Å²) in [5, 5.41) is 11.3. The predicted molar refractivity (Wildman–Crippen MR) is 71.0 cm³/mol. The van der Waals surface area contributed by atoms with Crippen molar-refractivity contribution in [3.8, 4) is 6.07 Å². The SMILES string of the molecule is N#CC(c1cscn1)N1CCc2ccccc2C1. The molecule has 18 heavy (non-hydrogen) atoms. The van der Waals surface area contributed by atoms with Gasteiger partial charge in [-0.25, -0.2) is 4.98 Å². The van der Waals surface area contributed by atoms with E-state index in [0.717, 1.165) is 25.2 Å². The molecule has 2 heterocycles. The molecule has 0 saturated carbocycles. The molecule has 4 heteroatoms. The molecule has 0 bridgehead atoms. The topological polar surface area (TPSA) is 39.9 Å². The van der Waals surface area contributed by atoms with Crippen LogP contribution in [0.15, 0.2) is 35.2 Å². The Kier molecular flexibility index (Phi) is 3.09. The van der Waals surface area contributed by atoms with Gasteiger partial charge < -0.3 is 0 Å². The van der Waals surface area contributed by atoms with Gasteiger partial charge in [-0.3, -0.25) is 4.90 Å². The van der Waals surface area contributed by atoms with E-state index in [1.54, 1.807) is 16.8 Å². The molecule has 1 unspecified atom stereocenters. The third kappa shape index (κ3) is 2.03. The lowest BCUT2D eigenvalue weighted by molar-refractivity contribution is 0.214. The van der Waals surface area contributed by atoms with Crippen molar-refractivity contribution in [3.63, 3.8) is 0 Å². The smallest absolute Gasteiger partial charge is 0.142 e. The van der Waals surface area contributed by atoms with Crippen molar-refractivity contribution in [2.24, 2.45) is 0 Å². The second kappa shape index (κ2) is 4.89. The first-order valence-electron chi connectivity index (χ1n) is 5.97. The predicted octanol–water partition coefficient (Wildman–Crippen LogP) is 2.77. The largest absolute Gasteiger partial charge is 0.278 e. The molecule has 1 aromatic heterocycles. The Morgan fingerprint density at radius 3 is 2.89 bits per heavy atom.